The lowest BCUT2D eigenvalue weighted by molar-refractivity contribution is -0.132. The Morgan fingerprint density at radius 3 is 2.61 bits per heavy atom. The van der Waals surface area contributed by atoms with E-state index in [1.165, 1.54) is 17.3 Å². The van der Waals surface area contributed by atoms with E-state index in [1.54, 1.807) is 6.20 Å². The lowest BCUT2D eigenvalue weighted by Crippen LogP contribution is -2.37. The number of amides is 2. The number of nitrogens with zero attached hydrogens (tertiary/aromatic N) is 4. The van der Waals surface area contributed by atoms with Gasteiger partial charge in [0.1, 0.15) is 5.69 Å². The summed E-state index contributed by atoms with van der Waals surface area (Å²) in [7, 11) is 0. The van der Waals surface area contributed by atoms with E-state index in [2.05, 4.69) is 32.4 Å². The molecule has 1 N–H and O–H groups in total. The molecule has 0 aliphatic carbocycles. The number of aromatic nitrogens is 3. The largest absolute Gasteiger partial charge is 0.346 e. The molecule has 2 aromatic heterocycles. The van der Waals surface area contributed by atoms with E-state index >= 15 is 0 Å². The van der Waals surface area contributed by atoms with Gasteiger partial charge in [0.25, 0.3) is 5.91 Å². The second-order valence-corrected chi connectivity index (χ2v) is 8.46. The van der Waals surface area contributed by atoms with Crippen LogP contribution in [0.2, 0.25) is 0 Å². The summed E-state index contributed by atoms with van der Waals surface area (Å²) in [5.74, 6) is -0.0736. The van der Waals surface area contributed by atoms with Gasteiger partial charge in [-0.2, -0.15) is 0 Å². The minimum atomic E-state index is -0.259. The van der Waals surface area contributed by atoms with Gasteiger partial charge in [-0.1, -0.05) is 30.3 Å². The molecule has 0 unspecified atom stereocenters. The molecule has 0 atom stereocenters. The first kappa shape index (κ1) is 22.6. The predicted octanol–water partition coefficient (Wildman–Crippen LogP) is 3.33. The number of rotatable bonds is 7. The minimum Gasteiger partial charge on any atom is -0.346 e. The molecule has 0 saturated heterocycles. The van der Waals surface area contributed by atoms with E-state index in [0.29, 0.717) is 31.7 Å². The van der Waals surface area contributed by atoms with Crippen molar-refractivity contribution >= 4 is 11.8 Å². The first-order valence-corrected chi connectivity index (χ1v) is 11.4. The summed E-state index contributed by atoms with van der Waals surface area (Å²) >= 11 is 0. The number of nitrogens with one attached hydrogen (secondary N) is 1. The topological polar surface area (TPSA) is 88.1 Å². The molecular formula is C26H29N5O2. The molecule has 0 fully saturated rings. The van der Waals surface area contributed by atoms with Gasteiger partial charge in [0.2, 0.25) is 5.91 Å². The van der Waals surface area contributed by atoms with Crippen molar-refractivity contribution in [3.63, 3.8) is 0 Å². The summed E-state index contributed by atoms with van der Waals surface area (Å²) in [5, 5.41) is 2.94. The van der Waals surface area contributed by atoms with Crippen molar-refractivity contribution < 1.29 is 9.59 Å². The zero-order valence-corrected chi connectivity index (χ0v) is 19.2. The number of carbonyl (C=O) groups is 2. The maximum absolute atomic E-state index is 12.8. The molecule has 0 saturated carbocycles. The van der Waals surface area contributed by atoms with Gasteiger partial charge < -0.3 is 10.2 Å². The Labute approximate surface area is 194 Å². The summed E-state index contributed by atoms with van der Waals surface area (Å²) in [6.07, 6.45) is 7.99. The number of hydrogen-bond acceptors (Lipinski definition) is 5. The van der Waals surface area contributed by atoms with Crippen LogP contribution in [0.5, 0.6) is 0 Å². The van der Waals surface area contributed by atoms with Gasteiger partial charge in [-0.3, -0.25) is 19.6 Å². The van der Waals surface area contributed by atoms with Crippen LogP contribution in [0.15, 0.2) is 48.9 Å². The van der Waals surface area contributed by atoms with E-state index in [-0.39, 0.29) is 11.8 Å². The highest BCUT2D eigenvalue weighted by atomic mass is 16.2. The normalized spacial score (nSPS) is 12.8. The molecule has 0 radical (unpaired) electrons. The third-order valence-electron chi connectivity index (χ3n) is 6.09. The van der Waals surface area contributed by atoms with Crippen molar-refractivity contribution in [1.82, 2.24) is 25.2 Å². The Morgan fingerprint density at radius 1 is 1.03 bits per heavy atom. The summed E-state index contributed by atoms with van der Waals surface area (Å²) in [6, 6.07) is 10.3. The second kappa shape index (κ2) is 10.3. The van der Waals surface area contributed by atoms with Gasteiger partial charge in [0, 0.05) is 44.1 Å². The van der Waals surface area contributed by atoms with Crippen LogP contribution in [0.4, 0.5) is 0 Å². The standard InChI is InChI=1S/C26H29N5O2/c1-18-13-29-24(16-27-18)26(33)30-15-23-19(2)28-14-21-17-31(12-11-22(21)23)25(32)10-6-9-20-7-4-3-5-8-20/h3-5,7-8,13-14,16H,6,9-12,15,17H2,1-2H3,(H,30,33). The molecule has 0 bridgehead atoms. The highest BCUT2D eigenvalue weighted by Crippen LogP contribution is 2.24. The number of benzene rings is 1. The number of hydrogen-bond donors (Lipinski definition) is 1. The summed E-state index contributed by atoms with van der Waals surface area (Å²) in [6.45, 7) is 5.41. The van der Waals surface area contributed by atoms with Crippen LogP contribution in [0.1, 0.15) is 57.0 Å². The van der Waals surface area contributed by atoms with Gasteiger partial charge in [0.15, 0.2) is 0 Å². The molecule has 4 rings (SSSR count). The molecule has 1 aliphatic rings. The van der Waals surface area contributed by atoms with Crippen LogP contribution in [0.25, 0.3) is 0 Å². The van der Waals surface area contributed by atoms with Gasteiger partial charge >= 0.3 is 0 Å². The third kappa shape index (κ3) is 5.61. The number of fused-ring (bicyclic) bond motifs is 1. The smallest absolute Gasteiger partial charge is 0.271 e. The molecule has 2 amide bonds. The SMILES string of the molecule is Cc1cnc(C(=O)NCc2c(C)ncc3c2CCN(C(=O)CCCc2ccccc2)C3)cn1. The fraction of sp³-hybridized carbons (Fsp3) is 0.346. The van der Waals surface area contributed by atoms with Crippen molar-refractivity contribution in [3.05, 3.63) is 88.3 Å². The van der Waals surface area contributed by atoms with Crippen LogP contribution in [-0.2, 0) is 30.7 Å². The third-order valence-corrected chi connectivity index (χ3v) is 6.09. The molecule has 3 aromatic rings. The maximum Gasteiger partial charge on any atom is 0.271 e. The Bertz CT molecular complexity index is 1130. The fourth-order valence-electron chi connectivity index (χ4n) is 4.18. The zero-order valence-electron chi connectivity index (χ0n) is 19.2. The maximum atomic E-state index is 12.8. The lowest BCUT2D eigenvalue weighted by Gasteiger charge is -2.30. The average molecular weight is 444 g/mol. The molecular weight excluding hydrogens is 414 g/mol. The van der Waals surface area contributed by atoms with E-state index in [4.69, 9.17) is 0 Å². The Morgan fingerprint density at radius 2 is 1.85 bits per heavy atom. The number of aryl methyl sites for hydroxylation is 3. The summed E-state index contributed by atoms with van der Waals surface area (Å²) in [5.41, 5.74) is 6.49. The molecule has 170 valence electrons. The van der Waals surface area contributed by atoms with Crippen molar-refractivity contribution in [1.29, 1.82) is 0 Å². The first-order chi connectivity index (χ1) is 16.0. The van der Waals surface area contributed by atoms with E-state index in [9.17, 15) is 9.59 Å². The molecule has 3 heterocycles. The molecule has 1 aromatic carbocycles. The van der Waals surface area contributed by atoms with E-state index in [0.717, 1.165) is 41.8 Å². The average Bonchev–Trinajstić information content (AvgIpc) is 2.84. The van der Waals surface area contributed by atoms with Crippen LogP contribution < -0.4 is 5.32 Å². The Kier molecular flexibility index (Phi) is 7.07. The van der Waals surface area contributed by atoms with Crippen LogP contribution in [-0.4, -0.2) is 38.2 Å². The Hall–Kier alpha value is -3.61. The second-order valence-electron chi connectivity index (χ2n) is 8.46. The van der Waals surface area contributed by atoms with Gasteiger partial charge in [-0.25, -0.2) is 4.98 Å². The highest BCUT2D eigenvalue weighted by Gasteiger charge is 2.24. The number of pyridine rings is 1. The van der Waals surface area contributed by atoms with Crippen LogP contribution in [0.3, 0.4) is 0 Å². The zero-order chi connectivity index (χ0) is 23.2. The quantitative estimate of drug-likeness (QED) is 0.605. The molecule has 0 spiro atoms. The van der Waals surface area contributed by atoms with Crippen LogP contribution in [0, 0.1) is 13.8 Å². The summed E-state index contributed by atoms with van der Waals surface area (Å²) in [4.78, 5) is 40.0. The predicted molar refractivity (Wildman–Crippen MR) is 125 cm³/mol. The van der Waals surface area contributed by atoms with Gasteiger partial charge in [-0.05, 0) is 55.4 Å². The Balaban J connectivity index is 1.36. The molecule has 33 heavy (non-hydrogen) atoms. The van der Waals surface area contributed by atoms with Crippen molar-refractivity contribution in [2.75, 3.05) is 6.54 Å². The van der Waals surface area contributed by atoms with Crippen molar-refractivity contribution in [2.24, 2.45) is 0 Å². The number of carbonyl (C=O) groups excluding carboxylic acids is 2. The monoisotopic (exact) mass is 443 g/mol. The van der Waals surface area contributed by atoms with E-state index in [1.807, 2.05) is 43.1 Å². The van der Waals surface area contributed by atoms with Crippen molar-refractivity contribution in [3.8, 4) is 0 Å². The fourth-order valence-corrected chi connectivity index (χ4v) is 4.18. The highest BCUT2D eigenvalue weighted by molar-refractivity contribution is 5.91. The lowest BCUT2D eigenvalue weighted by atomic mass is 9.94. The minimum absolute atomic E-state index is 0.185. The molecule has 1 aliphatic heterocycles. The molecule has 7 nitrogen and oxygen atoms in total. The van der Waals surface area contributed by atoms with Gasteiger partial charge in [-0.15, -0.1) is 0 Å². The summed E-state index contributed by atoms with van der Waals surface area (Å²) < 4.78 is 0. The van der Waals surface area contributed by atoms with E-state index < -0.39 is 0 Å². The molecule has 7 heteroatoms. The first-order valence-electron chi connectivity index (χ1n) is 11.4. The van der Waals surface area contributed by atoms with Crippen molar-refractivity contribution in [2.45, 2.75) is 52.6 Å². The van der Waals surface area contributed by atoms with Crippen LogP contribution >= 0.6 is 0 Å². The van der Waals surface area contributed by atoms with Gasteiger partial charge in [0.05, 0.1) is 11.9 Å².